The molecule has 1 aromatic heterocycles. The normalized spacial score (nSPS) is 11.6. The highest BCUT2D eigenvalue weighted by Crippen LogP contribution is 2.29. The Labute approximate surface area is 205 Å². The highest BCUT2D eigenvalue weighted by atomic mass is 32.2. The molecule has 35 heavy (non-hydrogen) atoms. The Bertz CT molecular complexity index is 1340. The Morgan fingerprint density at radius 3 is 2.51 bits per heavy atom. The molecule has 0 spiro atoms. The third kappa shape index (κ3) is 5.67. The maximum atomic E-state index is 12.7. The van der Waals surface area contributed by atoms with Crippen LogP contribution in [0.3, 0.4) is 0 Å². The number of nitro benzene ring substituents is 1. The standard InChI is InChI=1S/C25H22N4O5S/c1-17(34-22-13-7-12-21(15-22)33-2)24-26-27-25(28(24)19-9-4-3-5-10-19)35-16-23(30)18-8-6-11-20(14-18)29(31)32/h3-15,17H,16H2,1-2H3. The molecular weight excluding hydrogens is 468 g/mol. The summed E-state index contributed by atoms with van der Waals surface area (Å²) in [5, 5.41) is 20.2. The van der Waals surface area contributed by atoms with Crippen LogP contribution < -0.4 is 9.47 Å². The number of thioether (sulfide) groups is 1. The quantitative estimate of drug-likeness (QED) is 0.127. The molecule has 1 heterocycles. The van der Waals surface area contributed by atoms with E-state index in [-0.39, 0.29) is 22.8 Å². The molecule has 4 rings (SSSR count). The Balaban J connectivity index is 1.59. The van der Waals surface area contributed by atoms with E-state index in [1.807, 2.05) is 60.0 Å². The second-order valence-electron chi connectivity index (χ2n) is 7.47. The second kappa shape index (κ2) is 10.8. The second-order valence-corrected chi connectivity index (χ2v) is 8.41. The van der Waals surface area contributed by atoms with E-state index in [2.05, 4.69) is 10.2 Å². The monoisotopic (exact) mass is 490 g/mol. The first-order valence-electron chi connectivity index (χ1n) is 10.7. The van der Waals surface area contributed by atoms with E-state index in [4.69, 9.17) is 9.47 Å². The van der Waals surface area contributed by atoms with E-state index < -0.39 is 11.0 Å². The zero-order valence-electron chi connectivity index (χ0n) is 19.0. The molecule has 3 aromatic carbocycles. The van der Waals surface area contributed by atoms with Crippen LogP contribution in [0.4, 0.5) is 5.69 Å². The van der Waals surface area contributed by atoms with Gasteiger partial charge < -0.3 is 9.47 Å². The molecule has 1 atom stereocenters. The zero-order chi connectivity index (χ0) is 24.8. The van der Waals surface area contributed by atoms with Crippen molar-refractivity contribution in [1.82, 2.24) is 14.8 Å². The lowest BCUT2D eigenvalue weighted by Gasteiger charge is -2.17. The van der Waals surface area contributed by atoms with E-state index in [1.54, 1.807) is 19.2 Å². The molecule has 0 bridgehead atoms. The molecule has 0 amide bonds. The van der Waals surface area contributed by atoms with Crippen molar-refractivity contribution in [3.63, 3.8) is 0 Å². The smallest absolute Gasteiger partial charge is 0.270 e. The number of non-ortho nitro benzene ring substituents is 1. The molecule has 0 aliphatic heterocycles. The highest BCUT2D eigenvalue weighted by molar-refractivity contribution is 7.99. The molecule has 10 heteroatoms. The molecule has 0 N–H and O–H groups in total. The molecule has 1 unspecified atom stereocenters. The van der Waals surface area contributed by atoms with Gasteiger partial charge in [-0.1, -0.05) is 48.2 Å². The largest absolute Gasteiger partial charge is 0.497 e. The number of ether oxygens (including phenoxy) is 2. The van der Waals surface area contributed by atoms with Gasteiger partial charge in [0.05, 0.1) is 17.8 Å². The minimum atomic E-state index is -0.522. The number of nitrogens with zero attached hydrogens (tertiary/aromatic N) is 4. The number of carbonyl (C=O) groups is 1. The number of carbonyl (C=O) groups excluding carboxylic acids is 1. The van der Waals surface area contributed by atoms with Crippen molar-refractivity contribution in [1.29, 1.82) is 0 Å². The summed E-state index contributed by atoms with van der Waals surface area (Å²) in [6.07, 6.45) is -0.461. The van der Waals surface area contributed by atoms with Crippen LogP contribution >= 0.6 is 11.8 Å². The van der Waals surface area contributed by atoms with Gasteiger partial charge in [0.15, 0.2) is 22.9 Å². The molecule has 9 nitrogen and oxygen atoms in total. The first-order valence-corrected chi connectivity index (χ1v) is 11.7. The fourth-order valence-corrected chi connectivity index (χ4v) is 4.25. The molecule has 0 saturated heterocycles. The van der Waals surface area contributed by atoms with E-state index >= 15 is 0 Å². The van der Waals surface area contributed by atoms with Crippen LogP contribution in [0.15, 0.2) is 84.0 Å². The van der Waals surface area contributed by atoms with Crippen LogP contribution in [0.25, 0.3) is 5.69 Å². The van der Waals surface area contributed by atoms with Gasteiger partial charge in [-0.3, -0.25) is 19.5 Å². The molecule has 0 aliphatic rings. The molecule has 0 saturated carbocycles. The number of aromatic nitrogens is 3. The fraction of sp³-hybridized carbons (Fsp3) is 0.160. The summed E-state index contributed by atoms with van der Waals surface area (Å²) in [7, 11) is 1.59. The summed E-state index contributed by atoms with van der Waals surface area (Å²) < 4.78 is 13.2. The SMILES string of the molecule is COc1cccc(OC(C)c2nnc(SCC(=O)c3cccc([N+](=O)[O-])c3)n2-c2ccccc2)c1. The van der Waals surface area contributed by atoms with Crippen LogP contribution in [-0.4, -0.2) is 38.3 Å². The van der Waals surface area contributed by atoms with Crippen molar-refractivity contribution in [2.45, 2.75) is 18.2 Å². The number of Topliss-reactive ketones (excluding diaryl/α,β-unsaturated/α-hetero) is 1. The van der Waals surface area contributed by atoms with Crippen molar-refractivity contribution in [2.24, 2.45) is 0 Å². The topological polar surface area (TPSA) is 109 Å². The van der Waals surface area contributed by atoms with Gasteiger partial charge >= 0.3 is 0 Å². The zero-order valence-corrected chi connectivity index (χ0v) is 19.8. The third-order valence-electron chi connectivity index (χ3n) is 5.10. The van der Waals surface area contributed by atoms with E-state index in [9.17, 15) is 14.9 Å². The average molecular weight is 491 g/mol. The summed E-state index contributed by atoms with van der Waals surface area (Å²) >= 11 is 1.20. The van der Waals surface area contributed by atoms with Gasteiger partial charge in [0, 0.05) is 29.4 Å². The van der Waals surface area contributed by atoms with Gasteiger partial charge in [-0.05, 0) is 31.2 Å². The van der Waals surface area contributed by atoms with Gasteiger partial charge in [0.25, 0.3) is 5.69 Å². The van der Waals surface area contributed by atoms with Gasteiger partial charge in [0.1, 0.15) is 11.5 Å². The summed E-state index contributed by atoms with van der Waals surface area (Å²) in [5.41, 5.74) is 0.963. The number of ketones is 1. The third-order valence-corrected chi connectivity index (χ3v) is 6.03. The molecule has 0 aliphatic carbocycles. The first kappa shape index (κ1) is 24.0. The predicted octanol–water partition coefficient (Wildman–Crippen LogP) is 5.30. The Hall–Kier alpha value is -4.18. The maximum Gasteiger partial charge on any atom is 0.270 e. The van der Waals surface area contributed by atoms with Gasteiger partial charge in [0.2, 0.25) is 0 Å². The minimum absolute atomic E-state index is 0.0389. The summed E-state index contributed by atoms with van der Waals surface area (Å²) in [6, 6.07) is 22.5. The van der Waals surface area contributed by atoms with Crippen molar-refractivity contribution in [2.75, 3.05) is 12.9 Å². The van der Waals surface area contributed by atoms with Gasteiger partial charge in [-0.25, -0.2) is 0 Å². The van der Waals surface area contributed by atoms with Crippen molar-refractivity contribution < 1.29 is 19.2 Å². The molecule has 0 fully saturated rings. The molecule has 4 aromatic rings. The number of hydrogen-bond donors (Lipinski definition) is 0. The number of rotatable bonds is 10. The molecular formula is C25H22N4O5S. The lowest BCUT2D eigenvalue weighted by Crippen LogP contribution is -2.12. The number of methoxy groups -OCH3 is 1. The number of benzene rings is 3. The van der Waals surface area contributed by atoms with E-state index in [0.29, 0.717) is 22.5 Å². The van der Waals surface area contributed by atoms with Crippen LogP contribution in [-0.2, 0) is 0 Å². The average Bonchev–Trinajstić information content (AvgIpc) is 3.32. The Kier molecular flexibility index (Phi) is 7.41. The van der Waals surface area contributed by atoms with Crippen LogP contribution in [0.5, 0.6) is 11.5 Å². The highest BCUT2D eigenvalue weighted by Gasteiger charge is 2.22. The van der Waals surface area contributed by atoms with E-state index in [0.717, 1.165) is 5.69 Å². The molecule has 178 valence electrons. The Morgan fingerprint density at radius 2 is 1.77 bits per heavy atom. The van der Waals surface area contributed by atoms with Crippen LogP contribution in [0.1, 0.15) is 29.2 Å². The van der Waals surface area contributed by atoms with Crippen LogP contribution in [0.2, 0.25) is 0 Å². The molecule has 0 radical (unpaired) electrons. The fourth-order valence-electron chi connectivity index (χ4n) is 3.40. The first-order chi connectivity index (χ1) is 17.0. The Morgan fingerprint density at radius 1 is 1.03 bits per heavy atom. The van der Waals surface area contributed by atoms with Crippen molar-refractivity contribution in [3.8, 4) is 17.2 Å². The lowest BCUT2D eigenvalue weighted by molar-refractivity contribution is -0.384. The van der Waals surface area contributed by atoms with E-state index in [1.165, 1.54) is 30.0 Å². The lowest BCUT2D eigenvalue weighted by atomic mass is 10.1. The number of para-hydroxylation sites is 1. The number of hydrogen-bond acceptors (Lipinski definition) is 8. The summed E-state index contributed by atoms with van der Waals surface area (Å²) in [6.45, 7) is 1.87. The number of nitro groups is 1. The minimum Gasteiger partial charge on any atom is -0.497 e. The van der Waals surface area contributed by atoms with Gasteiger partial charge in [-0.15, -0.1) is 10.2 Å². The van der Waals surface area contributed by atoms with Crippen molar-refractivity contribution in [3.05, 3.63) is 100 Å². The maximum absolute atomic E-state index is 12.7. The van der Waals surface area contributed by atoms with Crippen LogP contribution in [0, 0.1) is 10.1 Å². The van der Waals surface area contributed by atoms with Crippen molar-refractivity contribution >= 4 is 23.2 Å². The summed E-state index contributed by atoms with van der Waals surface area (Å²) in [4.78, 5) is 23.3. The predicted molar refractivity (Wildman–Crippen MR) is 132 cm³/mol. The van der Waals surface area contributed by atoms with Gasteiger partial charge in [-0.2, -0.15) is 0 Å². The summed E-state index contributed by atoms with van der Waals surface area (Å²) in [5.74, 6) is 1.65.